The molecule has 5 heteroatoms. The molecule has 0 radical (unpaired) electrons. The summed E-state index contributed by atoms with van der Waals surface area (Å²) in [4.78, 5) is 18.9. The lowest BCUT2D eigenvalue weighted by atomic mass is 9.43. The van der Waals surface area contributed by atoms with Crippen molar-refractivity contribution in [3.63, 3.8) is 0 Å². The number of carboxylic acids is 2. The van der Waals surface area contributed by atoms with Crippen LogP contribution in [0, 0.1) is 16.7 Å². The first-order chi connectivity index (χ1) is 9.03. The first-order valence-corrected chi connectivity index (χ1v) is 7.26. The van der Waals surface area contributed by atoms with Crippen molar-refractivity contribution in [3.05, 3.63) is 0 Å². The van der Waals surface area contributed by atoms with Crippen LogP contribution in [0.2, 0.25) is 0 Å². The Hall–Kier alpha value is -1.10. The van der Waals surface area contributed by atoms with E-state index < -0.39 is 18.4 Å². The zero-order valence-corrected chi connectivity index (χ0v) is 12.3. The number of carboxylic acid groups (broad SMARTS) is 2. The Morgan fingerprint density at radius 2 is 1.45 bits per heavy atom. The maximum absolute atomic E-state index is 9.43. The molecule has 0 heterocycles. The second-order valence-corrected chi connectivity index (χ2v) is 7.96. The number of aliphatic carboxylic acids is 2. The lowest BCUT2D eigenvalue weighted by Crippen LogP contribution is -2.62. The number of carbonyl (C=O) groups is 2. The Bertz CT molecular complexity index is 371. The van der Waals surface area contributed by atoms with Gasteiger partial charge in [-0.2, -0.15) is 0 Å². The van der Waals surface area contributed by atoms with Crippen LogP contribution in [-0.4, -0.2) is 27.7 Å². The summed E-state index contributed by atoms with van der Waals surface area (Å²) >= 11 is 0. The summed E-state index contributed by atoms with van der Waals surface area (Å²) in [6.07, 6.45) is 7.47. The fraction of sp³-hybridized carbons (Fsp3) is 0.867. The molecule has 4 N–H and O–H groups in total. The van der Waals surface area contributed by atoms with Crippen molar-refractivity contribution in [2.75, 3.05) is 0 Å². The molecule has 0 spiro atoms. The van der Waals surface area contributed by atoms with Crippen molar-refractivity contribution in [2.45, 2.75) is 64.3 Å². The van der Waals surface area contributed by atoms with Gasteiger partial charge in [-0.25, -0.2) is 0 Å². The topological polar surface area (TPSA) is 101 Å². The molecule has 0 amide bonds. The van der Waals surface area contributed by atoms with E-state index in [1.807, 2.05) is 0 Å². The Morgan fingerprint density at radius 1 is 1.00 bits per heavy atom. The molecule has 4 bridgehead atoms. The lowest BCUT2D eigenvalue weighted by Gasteiger charge is -2.64. The van der Waals surface area contributed by atoms with E-state index >= 15 is 0 Å². The molecular weight excluding hydrogens is 258 g/mol. The van der Waals surface area contributed by atoms with Crippen LogP contribution >= 0.6 is 0 Å². The molecular formula is C15H25NO4. The van der Waals surface area contributed by atoms with Crippen LogP contribution in [0.15, 0.2) is 0 Å². The van der Waals surface area contributed by atoms with E-state index in [1.165, 1.54) is 38.5 Å². The third kappa shape index (κ3) is 3.32. The Kier molecular flexibility index (Phi) is 3.61. The van der Waals surface area contributed by atoms with E-state index in [0.717, 1.165) is 5.92 Å². The molecule has 114 valence electrons. The average Bonchev–Trinajstić information content (AvgIpc) is 2.05. The highest BCUT2D eigenvalue weighted by atomic mass is 16.4. The maximum atomic E-state index is 9.43. The third-order valence-electron chi connectivity index (χ3n) is 4.97. The minimum absolute atomic E-state index is 0.225. The van der Waals surface area contributed by atoms with Crippen molar-refractivity contribution in [1.82, 2.24) is 0 Å². The van der Waals surface area contributed by atoms with Gasteiger partial charge in [0.05, 0.1) is 0 Å². The smallest absolute Gasteiger partial charge is 0.314 e. The number of hydrogen-bond donors (Lipinski definition) is 3. The van der Waals surface area contributed by atoms with Crippen LogP contribution in [0.25, 0.3) is 0 Å². The number of hydrogen-bond acceptors (Lipinski definition) is 3. The van der Waals surface area contributed by atoms with Gasteiger partial charge in [0.15, 0.2) is 0 Å². The first-order valence-electron chi connectivity index (χ1n) is 7.26. The van der Waals surface area contributed by atoms with Gasteiger partial charge in [0.2, 0.25) is 0 Å². The highest BCUT2D eigenvalue weighted by Crippen LogP contribution is 2.65. The molecule has 2 atom stereocenters. The van der Waals surface area contributed by atoms with Gasteiger partial charge in [-0.05, 0) is 55.3 Å². The molecule has 0 saturated heterocycles. The summed E-state index contributed by atoms with van der Waals surface area (Å²) in [6, 6.07) is 0. The van der Waals surface area contributed by atoms with Gasteiger partial charge in [-0.15, -0.1) is 0 Å². The molecule has 0 aromatic rings. The molecule has 4 aliphatic rings. The molecule has 2 unspecified atom stereocenters. The number of nitrogens with two attached hydrogens (primary N) is 1. The summed E-state index contributed by atoms with van der Waals surface area (Å²) in [7, 11) is 0. The Morgan fingerprint density at radius 3 is 1.70 bits per heavy atom. The van der Waals surface area contributed by atoms with E-state index in [9.17, 15) is 9.59 Å². The van der Waals surface area contributed by atoms with Crippen LogP contribution in [0.5, 0.6) is 0 Å². The van der Waals surface area contributed by atoms with Crippen molar-refractivity contribution in [2.24, 2.45) is 22.5 Å². The van der Waals surface area contributed by atoms with Gasteiger partial charge in [0.25, 0.3) is 0 Å². The highest BCUT2D eigenvalue weighted by molar-refractivity contribution is 5.88. The highest BCUT2D eigenvalue weighted by Gasteiger charge is 2.58. The van der Waals surface area contributed by atoms with Gasteiger partial charge in [0.1, 0.15) is 6.42 Å². The van der Waals surface area contributed by atoms with Crippen LogP contribution in [0.3, 0.4) is 0 Å². The maximum Gasteiger partial charge on any atom is 0.314 e. The van der Waals surface area contributed by atoms with Crippen molar-refractivity contribution < 1.29 is 19.8 Å². The minimum Gasteiger partial charge on any atom is -0.481 e. The molecule has 0 aromatic heterocycles. The predicted octanol–water partition coefficient (Wildman–Crippen LogP) is 2.24. The largest absolute Gasteiger partial charge is 0.481 e. The summed E-state index contributed by atoms with van der Waals surface area (Å²) in [5, 5.41) is 15.4. The minimum atomic E-state index is -1.31. The molecule has 4 saturated carbocycles. The van der Waals surface area contributed by atoms with E-state index in [0.29, 0.717) is 10.8 Å². The average molecular weight is 283 g/mol. The van der Waals surface area contributed by atoms with Gasteiger partial charge in [-0.3, -0.25) is 9.59 Å². The molecule has 4 aliphatic carbocycles. The fourth-order valence-electron chi connectivity index (χ4n) is 5.67. The molecule has 4 fully saturated rings. The van der Waals surface area contributed by atoms with Crippen molar-refractivity contribution >= 4 is 11.9 Å². The zero-order chi connectivity index (χ0) is 15.2. The second-order valence-electron chi connectivity index (χ2n) is 7.96. The molecule has 5 nitrogen and oxygen atoms in total. The van der Waals surface area contributed by atoms with Crippen LogP contribution in [-0.2, 0) is 9.59 Å². The second kappa shape index (κ2) is 4.72. The lowest BCUT2D eigenvalue weighted by molar-refractivity contribution is -0.147. The Balaban J connectivity index is 0.000000182. The van der Waals surface area contributed by atoms with Crippen LogP contribution in [0.4, 0.5) is 0 Å². The standard InChI is InChI=1S/C12H21N.C3H4O4/c1-10-3-9-4-11(2,6-10)8-12(13,5-9)7-10;4-2(5)1-3(6)7/h9H,3-8,13H2,1-2H3;1H2,(H,4,5)(H,6,7). The van der Waals surface area contributed by atoms with Gasteiger partial charge in [-0.1, -0.05) is 13.8 Å². The molecule has 0 aromatic carbocycles. The zero-order valence-electron chi connectivity index (χ0n) is 12.3. The third-order valence-corrected chi connectivity index (χ3v) is 4.97. The summed E-state index contributed by atoms with van der Waals surface area (Å²) < 4.78 is 0. The predicted molar refractivity (Wildman–Crippen MR) is 74.2 cm³/mol. The summed E-state index contributed by atoms with van der Waals surface area (Å²) in [5.74, 6) is -1.67. The summed E-state index contributed by atoms with van der Waals surface area (Å²) in [5.41, 5.74) is 7.92. The van der Waals surface area contributed by atoms with Crippen molar-refractivity contribution in [1.29, 1.82) is 0 Å². The van der Waals surface area contributed by atoms with Gasteiger partial charge >= 0.3 is 11.9 Å². The van der Waals surface area contributed by atoms with E-state index in [-0.39, 0.29) is 5.54 Å². The monoisotopic (exact) mass is 283 g/mol. The quantitative estimate of drug-likeness (QED) is 0.675. The van der Waals surface area contributed by atoms with Gasteiger partial charge < -0.3 is 15.9 Å². The molecule has 0 aliphatic heterocycles. The fourth-order valence-corrected chi connectivity index (χ4v) is 5.67. The van der Waals surface area contributed by atoms with Crippen LogP contribution < -0.4 is 5.73 Å². The SMILES string of the molecule is CC12CC3CC(C)(C1)CC(N)(C3)C2.O=C(O)CC(=O)O. The molecule has 20 heavy (non-hydrogen) atoms. The normalized spacial score (nSPS) is 44.6. The Labute approximate surface area is 119 Å². The molecule has 4 rings (SSSR count). The van der Waals surface area contributed by atoms with E-state index in [1.54, 1.807) is 0 Å². The van der Waals surface area contributed by atoms with E-state index in [2.05, 4.69) is 13.8 Å². The first kappa shape index (κ1) is 15.3. The summed E-state index contributed by atoms with van der Waals surface area (Å²) in [6.45, 7) is 4.94. The number of rotatable bonds is 2. The van der Waals surface area contributed by atoms with E-state index in [4.69, 9.17) is 15.9 Å². The van der Waals surface area contributed by atoms with Gasteiger partial charge in [0, 0.05) is 5.54 Å². The van der Waals surface area contributed by atoms with Crippen LogP contribution in [0.1, 0.15) is 58.8 Å². The van der Waals surface area contributed by atoms with Crippen molar-refractivity contribution in [3.8, 4) is 0 Å².